The van der Waals surface area contributed by atoms with Gasteiger partial charge in [0.15, 0.2) is 0 Å². The van der Waals surface area contributed by atoms with Gasteiger partial charge in [0, 0.05) is 32.7 Å². The maximum Gasteiger partial charge on any atom is 0.136 e. The zero-order valence-electron chi connectivity index (χ0n) is 28.0. The zero-order chi connectivity index (χ0) is 34.2. The van der Waals surface area contributed by atoms with Crippen molar-refractivity contribution in [1.82, 2.24) is 0 Å². The lowest BCUT2D eigenvalue weighted by atomic mass is 9.63. The number of furan rings is 2. The highest BCUT2D eigenvalue weighted by atomic mass is 16.5. The fourth-order valence-corrected chi connectivity index (χ4v) is 8.43. The highest BCUT2D eigenvalue weighted by Gasteiger charge is 2.45. The van der Waals surface area contributed by atoms with Gasteiger partial charge < -0.3 is 13.6 Å². The minimum Gasteiger partial charge on any atom is -0.457 e. The summed E-state index contributed by atoms with van der Waals surface area (Å²) in [7, 11) is 0. The Kier molecular flexibility index (Phi) is 6.17. The van der Waals surface area contributed by atoms with Gasteiger partial charge in [-0.15, -0.1) is 0 Å². The summed E-state index contributed by atoms with van der Waals surface area (Å²) in [5, 5.41) is 4.43. The van der Waals surface area contributed by atoms with Crippen LogP contribution in [0.15, 0.2) is 191 Å². The molecule has 0 N–H and O–H groups in total. The molecular formula is C49H30O3. The summed E-state index contributed by atoms with van der Waals surface area (Å²) in [4.78, 5) is 0. The second-order valence-electron chi connectivity index (χ2n) is 13.6. The van der Waals surface area contributed by atoms with E-state index in [1.54, 1.807) is 0 Å². The van der Waals surface area contributed by atoms with Crippen LogP contribution in [0.4, 0.5) is 0 Å². The summed E-state index contributed by atoms with van der Waals surface area (Å²) in [5.41, 5.74) is 12.0. The van der Waals surface area contributed by atoms with Crippen LogP contribution >= 0.6 is 0 Å². The lowest BCUT2D eigenvalue weighted by Gasteiger charge is -2.41. The van der Waals surface area contributed by atoms with Crippen LogP contribution in [0, 0.1) is 0 Å². The van der Waals surface area contributed by atoms with Gasteiger partial charge >= 0.3 is 0 Å². The molecule has 0 radical (unpaired) electrons. The Morgan fingerprint density at radius 1 is 0.308 bits per heavy atom. The molecule has 1 aliphatic heterocycles. The quantitative estimate of drug-likeness (QED) is 0.188. The SMILES string of the molecule is c1ccc(C2(c3ccccc3)c3ccccc3Oc3cc(-c4ccc5c(c4)oc4cc(-c6ccc7oc8ccccc8c7c6)ccc45)ccc32)cc1. The topological polar surface area (TPSA) is 35.5 Å². The summed E-state index contributed by atoms with van der Waals surface area (Å²) in [6, 6.07) is 64.2. The Morgan fingerprint density at radius 2 is 0.808 bits per heavy atom. The van der Waals surface area contributed by atoms with E-state index >= 15 is 0 Å². The third kappa shape index (κ3) is 4.20. The van der Waals surface area contributed by atoms with E-state index < -0.39 is 5.41 Å². The van der Waals surface area contributed by atoms with Gasteiger partial charge in [-0.3, -0.25) is 0 Å². The number of ether oxygens (including phenoxy) is 1. The molecule has 8 aromatic carbocycles. The minimum absolute atomic E-state index is 0.541. The third-order valence-corrected chi connectivity index (χ3v) is 10.8. The molecule has 0 bridgehead atoms. The molecule has 10 aromatic rings. The predicted octanol–water partition coefficient (Wildman–Crippen LogP) is 13.3. The molecule has 52 heavy (non-hydrogen) atoms. The van der Waals surface area contributed by atoms with Crippen molar-refractivity contribution in [2.75, 3.05) is 0 Å². The molecule has 0 atom stereocenters. The molecule has 0 fully saturated rings. The average Bonchev–Trinajstić information content (AvgIpc) is 3.77. The number of hydrogen-bond acceptors (Lipinski definition) is 3. The molecule has 0 saturated carbocycles. The van der Waals surface area contributed by atoms with E-state index in [2.05, 4.69) is 164 Å². The van der Waals surface area contributed by atoms with Crippen molar-refractivity contribution in [3.8, 4) is 33.8 Å². The van der Waals surface area contributed by atoms with Crippen LogP contribution in [0.25, 0.3) is 66.1 Å². The van der Waals surface area contributed by atoms with E-state index in [-0.39, 0.29) is 0 Å². The summed E-state index contributed by atoms with van der Waals surface area (Å²) >= 11 is 0. The van der Waals surface area contributed by atoms with Crippen LogP contribution in [-0.4, -0.2) is 0 Å². The van der Waals surface area contributed by atoms with Crippen molar-refractivity contribution in [1.29, 1.82) is 0 Å². The molecule has 11 rings (SSSR count). The van der Waals surface area contributed by atoms with Crippen molar-refractivity contribution in [2.24, 2.45) is 0 Å². The summed E-state index contributed by atoms with van der Waals surface area (Å²) in [5.74, 6) is 1.71. The Hall–Kier alpha value is -6.84. The fraction of sp³-hybridized carbons (Fsp3) is 0.0204. The maximum atomic E-state index is 6.74. The fourth-order valence-electron chi connectivity index (χ4n) is 8.43. The number of rotatable bonds is 4. The second kappa shape index (κ2) is 11.1. The molecule has 1 aliphatic rings. The zero-order valence-corrected chi connectivity index (χ0v) is 28.0. The predicted molar refractivity (Wildman–Crippen MR) is 210 cm³/mol. The van der Waals surface area contributed by atoms with Gasteiger partial charge in [0.25, 0.3) is 0 Å². The van der Waals surface area contributed by atoms with Gasteiger partial charge in [-0.05, 0) is 88.0 Å². The second-order valence-corrected chi connectivity index (χ2v) is 13.6. The highest BCUT2D eigenvalue weighted by Crippen LogP contribution is 2.55. The smallest absolute Gasteiger partial charge is 0.136 e. The van der Waals surface area contributed by atoms with Crippen molar-refractivity contribution in [3.63, 3.8) is 0 Å². The Bertz CT molecular complexity index is 2950. The van der Waals surface area contributed by atoms with Crippen LogP contribution in [0.1, 0.15) is 22.3 Å². The third-order valence-electron chi connectivity index (χ3n) is 10.8. The maximum absolute atomic E-state index is 6.74. The molecule has 2 aromatic heterocycles. The number of para-hydroxylation sites is 2. The van der Waals surface area contributed by atoms with Gasteiger partial charge in [0.2, 0.25) is 0 Å². The van der Waals surface area contributed by atoms with Crippen LogP contribution in [0.5, 0.6) is 11.5 Å². The monoisotopic (exact) mass is 666 g/mol. The number of benzene rings is 8. The van der Waals surface area contributed by atoms with Crippen LogP contribution in [0.2, 0.25) is 0 Å². The minimum atomic E-state index is -0.541. The van der Waals surface area contributed by atoms with Gasteiger partial charge in [-0.1, -0.05) is 127 Å². The number of fused-ring (bicyclic) bond motifs is 8. The van der Waals surface area contributed by atoms with E-state index in [0.29, 0.717) is 0 Å². The molecular weight excluding hydrogens is 637 g/mol. The lowest BCUT2D eigenvalue weighted by Crippen LogP contribution is -2.34. The van der Waals surface area contributed by atoms with E-state index in [0.717, 1.165) is 88.8 Å². The van der Waals surface area contributed by atoms with Crippen LogP contribution < -0.4 is 4.74 Å². The van der Waals surface area contributed by atoms with Crippen molar-refractivity contribution < 1.29 is 13.6 Å². The average molecular weight is 667 g/mol. The summed E-state index contributed by atoms with van der Waals surface area (Å²) in [6.45, 7) is 0. The van der Waals surface area contributed by atoms with E-state index in [1.807, 2.05) is 18.2 Å². The summed E-state index contributed by atoms with van der Waals surface area (Å²) < 4.78 is 19.4. The van der Waals surface area contributed by atoms with Crippen molar-refractivity contribution >= 4 is 43.9 Å². The first-order chi connectivity index (χ1) is 25.7. The van der Waals surface area contributed by atoms with Gasteiger partial charge in [-0.25, -0.2) is 0 Å². The van der Waals surface area contributed by atoms with Crippen molar-refractivity contribution in [3.05, 3.63) is 204 Å². The van der Waals surface area contributed by atoms with Gasteiger partial charge in [0.1, 0.15) is 33.8 Å². The Labute approximate surface area is 300 Å². The molecule has 0 aliphatic carbocycles. The van der Waals surface area contributed by atoms with Crippen molar-refractivity contribution in [2.45, 2.75) is 5.41 Å². The molecule has 0 amide bonds. The van der Waals surface area contributed by atoms with Crippen LogP contribution in [0.3, 0.4) is 0 Å². The first kappa shape index (κ1) is 28.9. The molecule has 0 spiro atoms. The molecule has 0 saturated heterocycles. The summed E-state index contributed by atoms with van der Waals surface area (Å²) in [6.07, 6.45) is 0. The first-order valence-electron chi connectivity index (χ1n) is 17.7. The molecule has 3 nitrogen and oxygen atoms in total. The molecule has 3 heteroatoms. The normalized spacial score (nSPS) is 13.3. The molecule has 3 heterocycles. The Morgan fingerprint density at radius 3 is 1.54 bits per heavy atom. The Balaban J connectivity index is 1.02. The largest absolute Gasteiger partial charge is 0.457 e. The highest BCUT2D eigenvalue weighted by molar-refractivity contribution is 6.08. The molecule has 244 valence electrons. The van der Waals surface area contributed by atoms with Gasteiger partial charge in [-0.2, -0.15) is 0 Å². The van der Waals surface area contributed by atoms with E-state index in [4.69, 9.17) is 13.6 Å². The molecule has 0 unspecified atom stereocenters. The van der Waals surface area contributed by atoms with Gasteiger partial charge in [0.05, 0.1) is 5.41 Å². The lowest BCUT2D eigenvalue weighted by molar-refractivity contribution is 0.435. The first-order valence-corrected chi connectivity index (χ1v) is 17.7. The standard InChI is InChI=1S/C49H30O3/c1-3-11-35(12-4-1)49(36-13-5-2-6-14-36)41-16-8-10-18-45(41)51-48-30-34(21-25-42(48)49)33-20-24-39-38-23-19-32(28-46(38)52-47(39)29-33)31-22-26-44-40(27-31)37-15-7-9-17-43(37)50-44/h1-30H. The van der Waals surface area contributed by atoms with Crippen LogP contribution in [-0.2, 0) is 5.41 Å². The number of hydrogen-bond donors (Lipinski definition) is 0. The van der Waals surface area contributed by atoms with E-state index in [9.17, 15) is 0 Å². The van der Waals surface area contributed by atoms with E-state index in [1.165, 1.54) is 11.1 Å².